The summed E-state index contributed by atoms with van der Waals surface area (Å²) in [7, 11) is 2.13. The topological polar surface area (TPSA) is 49.5 Å². The van der Waals surface area contributed by atoms with Gasteiger partial charge in [-0.1, -0.05) is 18.2 Å². The van der Waals surface area contributed by atoms with Crippen LogP contribution in [-0.4, -0.2) is 30.1 Å². The van der Waals surface area contributed by atoms with Crippen LogP contribution < -0.4 is 5.73 Å². The van der Waals surface area contributed by atoms with Gasteiger partial charge in [0, 0.05) is 11.3 Å². The maximum atomic E-state index is 10.8. The normalized spacial score (nSPS) is 22.3. The van der Waals surface area contributed by atoms with Crippen LogP contribution in [0.5, 0.6) is 0 Å². The first-order valence-corrected chi connectivity index (χ1v) is 6.27. The number of piperidine rings is 1. The molecule has 2 rings (SSSR count). The van der Waals surface area contributed by atoms with Gasteiger partial charge in [-0.25, -0.2) is 0 Å². The van der Waals surface area contributed by atoms with Crippen molar-refractivity contribution in [1.82, 2.24) is 4.90 Å². The van der Waals surface area contributed by atoms with Gasteiger partial charge in [-0.2, -0.15) is 0 Å². The highest BCUT2D eigenvalue weighted by Gasteiger charge is 2.36. The van der Waals surface area contributed by atoms with Gasteiger partial charge in [-0.3, -0.25) is 0 Å². The number of para-hydroxylation sites is 1. The van der Waals surface area contributed by atoms with E-state index >= 15 is 0 Å². The molecule has 1 aromatic rings. The number of likely N-dealkylation sites (tertiary alicyclic amines) is 1. The lowest BCUT2D eigenvalue weighted by Crippen LogP contribution is -2.40. The molecule has 3 heteroatoms. The van der Waals surface area contributed by atoms with Crippen molar-refractivity contribution in [1.29, 1.82) is 0 Å². The van der Waals surface area contributed by atoms with E-state index in [2.05, 4.69) is 11.9 Å². The highest BCUT2D eigenvalue weighted by molar-refractivity contribution is 5.49. The van der Waals surface area contributed by atoms with Gasteiger partial charge in [-0.05, 0) is 51.9 Å². The third-order valence-corrected chi connectivity index (χ3v) is 4.02. The molecule has 1 aromatic carbocycles. The van der Waals surface area contributed by atoms with E-state index in [4.69, 9.17) is 5.73 Å². The zero-order chi connectivity index (χ0) is 12.5. The lowest BCUT2D eigenvalue weighted by atomic mass is 9.77. The van der Waals surface area contributed by atoms with E-state index in [0.29, 0.717) is 11.6 Å². The molecule has 1 atom stereocenters. The molecule has 1 fully saturated rings. The van der Waals surface area contributed by atoms with Gasteiger partial charge in [0.15, 0.2) is 0 Å². The van der Waals surface area contributed by atoms with Crippen LogP contribution in [0.25, 0.3) is 0 Å². The van der Waals surface area contributed by atoms with Crippen molar-refractivity contribution >= 4 is 5.69 Å². The summed E-state index contributed by atoms with van der Waals surface area (Å²) in [6, 6.07) is 7.64. The molecule has 3 N–H and O–H groups in total. The number of anilines is 1. The molecule has 0 aliphatic carbocycles. The Hall–Kier alpha value is -1.06. The molecular weight excluding hydrogens is 212 g/mol. The van der Waals surface area contributed by atoms with Gasteiger partial charge in [0.05, 0.1) is 5.60 Å². The number of hydrogen-bond donors (Lipinski definition) is 2. The molecule has 0 bridgehead atoms. The van der Waals surface area contributed by atoms with Crippen molar-refractivity contribution in [3.05, 3.63) is 29.8 Å². The number of rotatable bonds is 2. The fraction of sp³-hybridized carbons (Fsp3) is 0.571. The van der Waals surface area contributed by atoms with Gasteiger partial charge in [0.1, 0.15) is 0 Å². The Morgan fingerprint density at radius 2 is 1.88 bits per heavy atom. The van der Waals surface area contributed by atoms with Crippen LogP contribution in [0.1, 0.15) is 25.3 Å². The first kappa shape index (κ1) is 12.4. The Balaban J connectivity index is 2.21. The van der Waals surface area contributed by atoms with E-state index in [1.807, 2.05) is 31.2 Å². The minimum absolute atomic E-state index is 0.295. The number of nitrogens with two attached hydrogens (primary N) is 1. The van der Waals surface area contributed by atoms with Crippen molar-refractivity contribution in [2.24, 2.45) is 5.92 Å². The molecule has 0 radical (unpaired) electrons. The minimum Gasteiger partial charge on any atom is -0.398 e. The molecule has 1 aliphatic heterocycles. The van der Waals surface area contributed by atoms with E-state index in [1.165, 1.54) is 0 Å². The Kier molecular flexibility index (Phi) is 3.40. The predicted molar refractivity (Wildman–Crippen MR) is 70.6 cm³/mol. The Morgan fingerprint density at radius 1 is 1.29 bits per heavy atom. The van der Waals surface area contributed by atoms with E-state index < -0.39 is 5.60 Å². The van der Waals surface area contributed by atoms with Gasteiger partial charge < -0.3 is 15.7 Å². The van der Waals surface area contributed by atoms with Crippen LogP contribution in [0.2, 0.25) is 0 Å². The van der Waals surface area contributed by atoms with Gasteiger partial charge in [-0.15, -0.1) is 0 Å². The molecule has 0 saturated carbocycles. The minimum atomic E-state index is -0.813. The average Bonchev–Trinajstić information content (AvgIpc) is 2.30. The van der Waals surface area contributed by atoms with Crippen LogP contribution in [-0.2, 0) is 5.60 Å². The average molecular weight is 234 g/mol. The van der Waals surface area contributed by atoms with Crippen LogP contribution in [0.3, 0.4) is 0 Å². The summed E-state index contributed by atoms with van der Waals surface area (Å²) in [5, 5.41) is 10.8. The molecule has 1 saturated heterocycles. The number of nitrogen functional groups attached to an aromatic ring is 1. The van der Waals surface area contributed by atoms with Crippen LogP contribution >= 0.6 is 0 Å². The summed E-state index contributed by atoms with van der Waals surface area (Å²) in [6.45, 7) is 4.00. The van der Waals surface area contributed by atoms with Crippen LogP contribution in [0.15, 0.2) is 24.3 Å². The van der Waals surface area contributed by atoms with Gasteiger partial charge in [0.2, 0.25) is 0 Å². The van der Waals surface area contributed by atoms with Crippen LogP contribution in [0, 0.1) is 5.92 Å². The molecule has 1 heterocycles. The number of hydrogen-bond acceptors (Lipinski definition) is 3. The molecule has 17 heavy (non-hydrogen) atoms. The largest absolute Gasteiger partial charge is 0.398 e. The third-order valence-electron chi connectivity index (χ3n) is 4.02. The summed E-state index contributed by atoms with van der Waals surface area (Å²) in [4.78, 5) is 2.31. The first-order chi connectivity index (χ1) is 8.01. The number of aliphatic hydroxyl groups is 1. The van der Waals surface area contributed by atoms with E-state index in [0.717, 1.165) is 31.5 Å². The summed E-state index contributed by atoms with van der Waals surface area (Å²) >= 11 is 0. The predicted octanol–water partition coefficient (Wildman–Crippen LogP) is 1.82. The van der Waals surface area contributed by atoms with E-state index in [1.54, 1.807) is 0 Å². The summed E-state index contributed by atoms with van der Waals surface area (Å²) in [5.41, 5.74) is 6.72. The third kappa shape index (κ3) is 2.45. The lowest BCUT2D eigenvalue weighted by Gasteiger charge is -2.39. The van der Waals surface area contributed by atoms with Crippen molar-refractivity contribution in [3.63, 3.8) is 0 Å². The quantitative estimate of drug-likeness (QED) is 0.767. The smallest absolute Gasteiger partial charge is 0.0917 e. The second kappa shape index (κ2) is 4.67. The fourth-order valence-electron chi connectivity index (χ4n) is 2.75. The highest BCUT2D eigenvalue weighted by atomic mass is 16.3. The summed E-state index contributed by atoms with van der Waals surface area (Å²) < 4.78 is 0. The molecule has 94 valence electrons. The molecule has 1 unspecified atom stereocenters. The lowest BCUT2D eigenvalue weighted by molar-refractivity contribution is -0.0296. The molecule has 1 aliphatic rings. The second-order valence-corrected chi connectivity index (χ2v) is 5.31. The van der Waals surface area contributed by atoms with Crippen molar-refractivity contribution in [2.75, 3.05) is 25.9 Å². The molecule has 0 spiro atoms. The highest BCUT2D eigenvalue weighted by Crippen LogP contribution is 2.38. The number of benzene rings is 1. The Bertz CT molecular complexity index is 382. The Morgan fingerprint density at radius 3 is 2.47 bits per heavy atom. The number of nitrogens with zero attached hydrogens (tertiary/aromatic N) is 1. The van der Waals surface area contributed by atoms with Crippen molar-refractivity contribution in [3.8, 4) is 0 Å². The maximum Gasteiger partial charge on any atom is 0.0917 e. The summed E-state index contributed by atoms with van der Waals surface area (Å²) in [6.07, 6.45) is 2.05. The first-order valence-electron chi connectivity index (χ1n) is 6.27. The zero-order valence-electron chi connectivity index (χ0n) is 10.7. The molecular formula is C14H22N2O. The standard InChI is InChI=1S/C14H22N2O/c1-14(17,11-7-9-16(2)10-8-11)12-5-3-4-6-13(12)15/h3-6,11,17H,7-10,15H2,1-2H3. The van der Waals surface area contributed by atoms with Crippen molar-refractivity contribution < 1.29 is 5.11 Å². The SMILES string of the molecule is CN1CCC(C(C)(O)c2ccccc2N)CC1. The van der Waals surface area contributed by atoms with Gasteiger partial charge >= 0.3 is 0 Å². The zero-order valence-corrected chi connectivity index (χ0v) is 10.7. The monoisotopic (exact) mass is 234 g/mol. The fourth-order valence-corrected chi connectivity index (χ4v) is 2.75. The Labute approximate surface area is 103 Å². The molecule has 0 aromatic heterocycles. The maximum absolute atomic E-state index is 10.8. The van der Waals surface area contributed by atoms with Gasteiger partial charge in [0.25, 0.3) is 0 Å². The van der Waals surface area contributed by atoms with E-state index in [-0.39, 0.29) is 0 Å². The second-order valence-electron chi connectivity index (χ2n) is 5.31. The molecule has 0 amide bonds. The molecule has 3 nitrogen and oxygen atoms in total. The van der Waals surface area contributed by atoms with E-state index in [9.17, 15) is 5.11 Å². The van der Waals surface area contributed by atoms with Crippen molar-refractivity contribution in [2.45, 2.75) is 25.4 Å². The van der Waals surface area contributed by atoms with Crippen LogP contribution in [0.4, 0.5) is 5.69 Å². The summed E-state index contributed by atoms with van der Waals surface area (Å²) in [5.74, 6) is 0.295.